The first kappa shape index (κ1) is 15.3. The standard InChI is InChI=1S/C17H34N2/c1-5-14(3)12-19-13-17(9-7-8-10-17)18-11-16(19)15(4)6-2/h14-16,18H,5-13H2,1-4H3. The van der Waals surface area contributed by atoms with Gasteiger partial charge >= 0.3 is 0 Å². The third kappa shape index (κ3) is 3.52. The summed E-state index contributed by atoms with van der Waals surface area (Å²) >= 11 is 0. The van der Waals surface area contributed by atoms with Gasteiger partial charge in [0.05, 0.1) is 0 Å². The Bertz CT molecular complexity index is 270. The van der Waals surface area contributed by atoms with Crippen molar-refractivity contribution in [2.45, 2.75) is 77.8 Å². The lowest BCUT2D eigenvalue weighted by Crippen LogP contribution is -2.65. The summed E-state index contributed by atoms with van der Waals surface area (Å²) in [5, 5.41) is 3.94. The van der Waals surface area contributed by atoms with Gasteiger partial charge in [-0.2, -0.15) is 0 Å². The number of nitrogens with zero attached hydrogens (tertiary/aromatic N) is 1. The van der Waals surface area contributed by atoms with Gasteiger partial charge in [-0.05, 0) is 24.7 Å². The van der Waals surface area contributed by atoms with Gasteiger partial charge in [-0.15, -0.1) is 0 Å². The molecule has 112 valence electrons. The molecule has 2 fully saturated rings. The lowest BCUT2D eigenvalue weighted by Gasteiger charge is -2.49. The Morgan fingerprint density at radius 2 is 1.84 bits per heavy atom. The van der Waals surface area contributed by atoms with Crippen molar-refractivity contribution in [1.29, 1.82) is 0 Å². The Balaban J connectivity index is 2.04. The average molecular weight is 266 g/mol. The molecule has 0 amide bonds. The van der Waals surface area contributed by atoms with Gasteiger partial charge in [0.15, 0.2) is 0 Å². The normalized spacial score (nSPS) is 30.6. The number of nitrogens with one attached hydrogen (secondary N) is 1. The zero-order valence-corrected chi connectivity index (χ0v) is 13.5. The van der Waals surface area contributed by atoms with Crippen LogP contribution in [0.3, 0.4) is 0 Å². The molecule has 2 heteroatoms. The Morgan fingerprint density at radius 3 is 2.42 bits per heavy atom. The molecule has 2 rings (SSSR count). The Hall–Kier alpha value is -0.0800. The van der Waals surface area contributed by atoms with Gasteiger partial charge in [-0.3, -0.25) is 4.90 Å². The fourth-order valence-electron chi connectivity index (χ4n) is 3.96. The maximum atomic E-state index is 3.94. The summed E-state index contributed by atoms with van der Waals surface area (Å²) in [7, 11) is 0. The molecule has 0 radical (unpaired) electrons. The van der Waals surface area contributed by atoms with Crippen LogP contribution in [0.25, 0.3) is 0 Å². The molecule has 1 heterocycles. The van der Waals surface area contributed by atoms with E-state index in [2.05, 4.69) is 37.9 Å². The zero-order chi connectivity index (χ0) is 13.9. The number of rotatable bonds is 5. The van der Waals surface area contributed by atoms with Gasteiger partial charge in [-0.1, -0.05) is 53.4 Å². The number of hydrogen-bond donors (Lipinski definition) is 1. The predicted octanol–water partition coefficient (Wildman–Crippen LogP) is 3.67. The summed E-state index contributed by atoms with van der Waals surface area (Å²) in [5.74, 6) is 1.65. The van der Waals surface area contributed by atoms with Crippen molar-refractivity contribution in [1.82, 2.24) is 10.2 Å². The summed E-state index contributed by atoms with van der Waals surface area (Å²) in [6.45, 7) is 13.3. The Kier molecular flexibility index (Phi) is 5.30. The van der Waals surface area contributed by atoms with E-state index in [0.29, 0.717) is 5.54 Å². The molecule has 0 aromatic carbocycles. The molecule has 0 aromatic rings. The zero-order valence-electron chi connectivity index (χ0n) is 13.5. The highest BCUT2D eigenvalue weighted by atomic mass is 15.3. The summed E-state index contributed by atoms with van der Waals surface area (Å²) in [5.41, 5.74) is 0.470. The molecule has 2 aliphatic rings. The van der Waals surface area contributed by atoms with E-state index < -0.39 is 0 Å². The van der Waals surface area contributed by atoms with E-state index >= 15 is 0 Å². The molecule has 0 aromatic heterocycles. The minimum Gasteiger partial charge on any atom is -0.308 e. The molecular weight excluding hydrogens is 232 g/mol. The van der Waals surface area contributed by atoms with Crippen LogP contribution < -0.4 is 5.32 Å². The van der Waals surface area contributed by atoms with Gasteiger partial charge in [0, 0.05) is 31.2 Å². The van der Waals surface area contributed by atoms with E-state index in [1.54, 1.807) is 0 Å². The first-order valence-corrected chi connectivity index (χ1v) is 8.59. The van der Waals surface area contributed by atoms with Gasteiger partial charge in [-0.25, -0.2) is 0 Å². The van der Waals surface area contributed by atoms with Gasteiger partial charge in [0.25, 0.3) is 0 Å². The molecule has 2 nitrogen and oxygen atoms in total. The van der Waals surface area contributed by atoms with Crippen molar-refractivity contribution in [3.05, 3.63) is 0 Å². The first-order chi connectivity index (χ1) is 9.10. The molecular formula is C17H34N2. The molecule has 3 unspecified atom stereocenters. The minimum atomic E-state index is 0.470. The predicted molar refractivity (Wildman–Crippen MR) is 83.5 cm³/mol. The maximum absolute atomic E-state index is 3.94. The first-order valence-electron chi connectivity index (χ1n) is 8.59. The molecule has 19 heavy (non-hydrogen) atoms. The van der Waals surface area contributed by atoms with Crippen LogP contribution in [-0.2, 0) is 0 Å². The third-order valence-corrected chi connectivity index (χ3v) is 5.77. The molecule has 1 N–H and O–H groups in total. The Labute approximate surface area is 120 Å². The molecule has 1 aliphatic heterocycles. The van der Waals surface area contributed by atoms with Gasteiger partial charge in [0.2, 0.25) is 0 Å². The van der Waals surface area contributed by atoms with Crippen molar-refractivity contribution in [2.75, 3.05) is 19.6 Å². The highest BCUT2D eigenvalue weighted by Crippen LogP contribution is 2.35. The molecule has 1 spiro atoms. The fraction of sp³-hybridized carbons (Fsp3) is 1.00. The molecule has 0 bridgehead atoms. The summed E-state index contributed by atoms with van der Waals surface area (Å²) in [4.78, 5) is 2.84. The van der Waals surface area contributed by atoms with Crippen LogP contribution in [0, 0.1) is 11.8 Å². The van der Waals surface area contributed by atoms with Crippen LogP contribution in [-0.4, -0.2) is 36.1 Å². The fourth-order valence-corrected chi connectivity index (χ4v) is 3.96. The highest BCUT2D eigenvalue weighted by molar-refractivity contribution is 5.01. The Morgan fingerprint density at radius 1 is 1.16 bits per heavy atom. The van der Waals surface area contributed by atoms with E-state index in [4.69, 9.17) is 0 Å². The molecule has 3 atom stereocenters. The largest absolute Gasteiger partial charge is 0.308 e. The topological polar surface area (TPSA) is 15.3 Å². The van der Waals surface area contributed by atoms with E-state index in [9.17, 15) is 0 Å². The van der Waals surface area contributed by atoms with Crippen LogP contribution in [0.15, 0.2) is 0 Å². The van der Waals surface area contributed by atoms with Crippen LogP contribution >= 0.6 is 0 Å². The molecule has 1 saturated carbocycles. The van der Waals surface area contributed by atoms with Gasteiger partial charge in [0.1, 0.15) is 0 Å². The quantitative estimate of drug-likeness (QED) is 0.817. The second-order valence-electron chi connectivity index (χ2n) is 7.26. The highest BCUT2D eigenvalue weighted by Gasteiger charge is 2.42. The van der Waals surface area contributed by atoms with E-state index in [-0.39, 0.29) is 0 Å². The number of hydrogen-bond acceptors (Lipinski definition) is 2. The summed E-state index contributed by atoms with van der Waals surface area (Å²) in [6.07, 6.45) is 8.27. The minimum absolute atomic E-state index is 0.470. The van der Waals surface area contributed by atoms with Crippen molar-refractivity contribution in [3.8, 4) is 0 Å². The molecule has 1 saturated heterocycles. The van der Waals surface area contributed by atoms with Crippen LogP contribution in [0.4, 0.5) is 0 Å². The molecule has 1 aliphatic carbocycles. The lowest BCUT2D eigenvalue weighted by molar-refractivity contribution is 0.0409. The van der Waals surface area contributed by atoms with Gasteiger partial charge < -0.3 is 5.32 Å². The van der Waals surface area contributed by atoms with E-state index in [1.807, 2.05) is 0 Å². The van der Waals surface area contributed by atoms with Crippen molar-refractivity contribution >= 4 is 0 Å². The second kappa shape index (κ2) is 6.58. The summed E-state index contributed by atoms with van der Waals surface area (Å²) in [6, 6.07) is 0.755. The van der Waals surface area contributed by atoms with Crippen molar-refractivity contribution in [3.63, 3.8) is 0 Å². The average Bonchev–Trinajstić information content (AvgIpc) is 2.86. The van der Waals surface area contributed by atoms with Crippen LogP contribution in [0.2, 0.25) is 0 Å². The van der Waals surface area contributed by atoms with Crippen LogP contribution in [0.1, 0.15) is 66.2 Å². The maximum Gasteiger partial charge on any atom is 0.0309 e. The second-order valence-corrected chi connectivity index (χ2v) is 7.26. The van der Waals surface area contributed by atoms with Crippen LogP contribution in [0.5, 0.6) is 0 Å². The monoisotopic (exact) mass is 266 g/mol. The lowest BCUT2D eigenvalue weighted by atomic mass is 9.87. The van der Waals surface area contributed by atoms with Crippen molar-refractivity contribution < 1.29 is 0 Å². The smallest absolute Gasteiger partial charge is 0.0309 e. The van der Waals surface area contributed by atoms with Crippen molar-refractivity contribution in [2.24, 2.45) is 11.8 Å². The van der Waals surface area contributed by atoms with E-state index in [0.717, 1.165) is 17.9 Å². The van der Waals surface area contributed by atoms with E-state index in [1.165, 1.54) is 58.2 Å². The SMILES string of the molecule is CCC(C)CN1CC2(CCCC2)NCC1C(C)CC. The number of piperazine rings is 1. The third-order valence-electron chi connectivity index (χ3n) is 5.77. The summed E-state index contributed by atoms with van der Waals surface area (Å²) < 4.78 is 0.